The molecule has 0 aliphatic heterocycles. The van der Waals surface area contributed by atoms with Gasteiger partial charge in [0, 0.05) is 20.0 Å². The number of ether oxygens (including phenoxy) is 1. The molecule has 0 aromatic carbocycles. The van der Waals surface area contributed by atoms with E-state index in [9.17, 15) is 9.59 Å². The van der Waals surface area contributed by atoms with Crippen LogP contribution in [0.1, 0.15) is 6.92 Å². The van der Waals surface area contributed by atoms with Crippen LogP contribution in [0.25, 0.3) is 0 Å². The normalized spacial score (nSPS) is 10.2. The first-order valence-corrected chi connectivity index (χ1v) is 4.09. The molecule has 76 valence electrons. The van der Waals surface area contributed by atoms with Crippen molar-refractivity contribution in [1.82, 2.24) is 10.2 Å². The highest BCUT2D eigenvalue weighted by Crippen LogP contribution is 1.78. The highest BCUT2D eigenvalue weighted by molar-refractivity contribution is 5.85. The van der Waals surface area contributed by atoms with E-state index in [2.05, 4.69) is 10.1 Å². The van der Waals surface area contributed by atoms with E-state index in [4.69, 9.17) is 0 Å². The van der Waals surface area contributed by atoms with Crippen LogP contribution in [0.15, 0.2) is 0 Å². The van der Waals surface area contributed by atoms with Crippen LogP contribution in [0.2, 0.25) is 0 Å². The van der Waals surface area contributed by atoms with E-state index in [0.29, 0.717) is 6.54 Å². The molecule has 0 heterocycles. The Kier molecular flexibility index (Phi) is 6.09. The van der Waals surface area contributed by atoms with Gasteiger partial charge in [-0.25, -0.2) is 0 Å². The molecule has 0 spiro atoms. The third-order valence-corrected chi connectivity index (χ3v) is 1.26. The molecule has 0 aromatic rings. The molecule has 0 rings (SSSR count). The molecule has 0 aliphatic rings. The summed E-state index contributed by atoms with van der Waals surface area (Å²) in [5.41, 5.74) is 0. The number of hydrogen-bond donors (Lipinski definition) is 1. The Bertz CT molecular complexity index is 180. The van der Waals surface area contributed by atoms with Gasteiger partial charge in [-0.1, -0.05) is 0 Å². The summed E-state index contributed by atoms with van der Waals surface area (Å²) in [7, 11) is 3.88. The minimum absolute atomic E-state index is 0.0768. The van der Waals surface area contributed by atoms with E-state index in [0.717, 1.165) is 6.54 Å². The van der Waals surface area contributed by atoms with Crippen molar-refractivity contribution in [2.75, 3.05) is 33.7 Å². The first kappa shape index (κ1) is 12.1. The molecule has 0 saturated carbocycles. The molecule has 0 fully saturated rings. The number of nitrogens with one attached hydrogen (secondary N) is 1. The van der Waals surface area contributed by atoms with Gasteiger partial charge in [-0.3, -0.25) is 9.59 Å². The van der Waals surface area contributed by atoms with Gasteiger partial charge in [0.05, 0.1) is 6.54 Å². The van der Waals surface area contributed by atoms with Crippen molar-refractivity contribution < 1.29 is 14.3 Å². The van der Waals surface area contributed by atoms with Gasteiger partial charge < -0.3 is 15.0 Å². The van der Waals surface area contributed by atoms with Gasteiger partial charge in [-0.05, 0) is 14.1 Å². The second kappa shape index (κ2) is 6.56. The number of carbonyl (C=O) groups excluding carboxylic acids is 2. The second-order valence-corrected chi connectivity index (χ2v) is 2.95. The number of hydrogen-bond acceptors (Lipinski definition) is 5. The molecule has 5 nitrogen and oxygen atoms in total. The molecular weight excluding hydrogens is 172 g/mol. The van der Waals surface area contributed by atoms with Crippen LogP contribution in [0.4, 0.5) is 0 Å². The van der Waals surface area contributed by atoms with Gasteiger partial charge in [0.1, 0.15) is 0 Å². The van der Waals surface area contributed by atoms with E-state index < -0.39 is 11.9 Å². The largest absolute Gasteiger partial charge is 0.392 e. The molecule has 0 bridgehead atoms. The number of likely N-dealkylation sites (N-methyl/N-ethyl adjacent to an activating group) is 1. The first-order valence-electron chi connectivity index (χ1n) is 4.09. The summed E-state index contributed by atoms with van der Waals surface area (Å²) in [6.45, 7) is 2.82. The lowest BCUT2D eigenvalue weighted by Gasteiger charge is -2.09. The van der Waals surface area contributed by atoms with Crippen LogP contribution in [-0.2, 0) is 14.3 Å². The second-order valence-electron chi connectivity index (χ2n) is 2.95. The number of esters is 2. The highest BCUT2D eigenvalue weighted by atomic mass is 16.6. The van der Waals surface area contributed by atoms with Crippen LogP contribution >= 0.6 is 0 Å². The van der Waals surface area contributed by atoms with E-state index in [-0.39, 0.29) is 6.54 Å². The fourth-order valence-corrected chi connectivity index (χ4v) is 0.690. The monoisotopic (exact) mass is 188 g/mol. The third-order valence-electron chi connectivity index (χ3n) is 1.26. The average molecular weight is 188 g/mol. The summed E-state index contributed by atoms with van der Waals surface area (Å²) >= 11 is 0. The van der Waals surface area contributed by atoms with Crippen LogP contribution in [0.3, 0.4) is 0 Å². The molecule has 5 heteroatoms. The molecule has 0 aromatic heterocycles. The van der Waals surface area contributed by atoms with Gasteiger partial charge in [0.25, 0.3) is 0 Å². The quantitative estimate of drug-likeness (QED) is 0.349. The Hall–Kier alpha value is -0.940. The zero-order chi connectivity index (χ0) is 10.3. The third kappa shape index (κ3) is 8.97. The van der Waals surface area contributed by atoms with Gasteiger partial charge in [0.2, 0.25) is 0 Å². The fraction of sp³-hybridized carbons (Fsp3) is 0.750. The lowest BCUT2D eigenvalue weighted by molar-refractivity contribution is -0.157. The Morgan fingerprint density at radius 2 is 2.00 bits per heavy atom. The van der Waals surface area contributed by atoms with Crippen LogP contribution in [0.5, 0.6) is 0 Å². The van der Waals surface area contributed by atoms with E-state index in [1.54, 1.807) is 0 Å². The summed E-state index contributed by atoms with van der Waals surface area (Å²) in [4.78, 5) is 23.1. The molecule has 1 N–H and O–H groups in total. The smallest absolute Gasteiger partial charge is 0.327 e. The van der Waals surface area contributed by atoms with Crippen LogP contribution < -0.4 is 5.32 Å². The molecule has 0 saturated heterocycles. The van der Waals surface area contributed by atoms with Crippen molar-refractivity contribution in [3.63, 3.8) is 0 Å². The Balaban J connectivity index is 3.32. The molecule has 0 unspecified atom stereocenters. The van der Waals surface area contributed by atoms with E-state index >= 15 is 0 Å². The maximum atomic E-state index is 10.8. The predicted molar refractivity (Wildman–Crippen MR) is 48.2 cm³/mol. The van der Waals surface area contributed by atoms with Gasteiger partial charge in [0.15, 0.2) is 0 Å². The Labute approximate surface area is 78.0 Å². The zero-order valence-corrected chi connectivity index (χ0v) is 8.29. The Morgan fingerprint density at radius 3 is 2.46 bits per heavy atom. The average Bonchev–Trinajstić information content (AvgIpc) is 1.96. The zero-order valence-electron chi connectivity index (χ0n) is 8.29. The molecule has 0 radical (unpaired) electrons. The Morgan fingerprint density at radius 1 is 1.38 bits per heavy atom. The topological polar surface area (TPSA) is 58.6 Å². The summed E-state index contributed by atoms with van der Waals surface area (Å²) in [5.74, 6) is -1.11. The maximum Gasteiger partial charge on any atom is 0.327 e. The predicted octanol–water partition coefficient (Wildman–Crippen LogP) is -0.773. The molecule has 0 aliphatic carbocycles. The molecule has 13 heavy (non-hydrogen) atoms. The SMILES string of the molecule is CC(=O)OC(=O)CNCCN(C)C. The molecule has 0 atom stereocenters. The van der Waals surface area contributed by atoms with Gasteiger partial charge in [-0.2, -0.15) is 0 Å². The van der Waals surface area contributed by atoms with Crippen molar-refractivity contribution in [2.24, 2.45) is 0 Å². The van der Waals surface area contributed by atoms with Crippen molar-refractivity contribution >= 4 is 11.9 Å². The summed E-state index contributed by atoms with van der Waals surface area (Å²) in [6.07, 6.45) is 0. The number of nitrogens with zero attached hydrogens (tertiary/aromatic N) is 1. The minimum atomic E-state index is -0.570. The highest BCUT2D eigenvalue weighted by Gasteiger charge is 2.04. The lowest BCUT2D eigenvalue weighted by atomic mass is 10.5. The molecule has 0 amide bonds. The summed E-state index contributed by atoms with van der Waals surface area (Å²) < 4.78 is 4.30. The van der Waals surface area contributed by atoms with Crippen molar-refractivity contribution in [3.8, 4) is 0 Å². The van der Waals surface area contributed by atoms with E-state index in [1.165, 1.54) is 6.92 Å². The van der Waals surface area contributed by atoms with Gasteiger partial charge in [-0.15, -0.1) is 0 Å². The van der Waals surface area contributed by atoms with Crippen molar-refractivity contribution in [2.45, 2.75) is 6.92 Å². The van der Waals surface area contributed by atoms with Crippen LogP contribution in [-0.4, -0.2) is 50.6 Å². The molecular formula is C8H16N2O3. The van der Waals surface area contributed by atoms with E-state index in [1.807, 2.05) is 19.0 Å². The maximum absolute atomic E-state index is 10.8. The van der Waals surface area contributed by atoms with Crippen molar-refractivity contribution in [3.05, 3.63) is 0 Å². The minimum Gasteiger partial charge on any atom is -0.392 e. The summed E-state index contributed by atoms with van der Waals surface area (Å²) in [5, 5.41) is 2.85. The van der Waals surface area contributed by atoms with Crippen molar-refractivity contribution in [1.29, 1.82) is 0 Å². The van der Waals surface area contributed by atoms with Crippen LogP contribution in [0, 0.1) is 0 Å². The summed E-state index contributed by atoms with van der Waals surface area (Å²) in [6, 6.07) is 0. The number of rotatable bonds is 5. The number of carbonyl (C=O) groups is 2. The first-order chi connectivity index (χ1) is 6.02. The van der Waals surface area contributed by atoms with Gasteiger partial charge >= 0.3 is 11.9 Å². The fourth-order valence-electron chi connectivity index (χ4n) is 0.690. The lowest BCUT2D eigenvalue weighted by Crippen LogP contribution is -2.31. The standard InChI is InChI=1S/C8H16N2O3/c1-7(11)13-8(12)6-9-4-5-10(2)3/h9H,4-6H2,1-3H3.